The highest BCUT2D eigenvalue weighted by atomic mass is 16.1. The van der Waals surface area contributed by atoms with Crippen molar-refractivity contribution in [2.24, 2.45) is 5.92 Å². The van der Waals surface area contributed by atoms with Crippen molar-refractivity contribution in [3.8, 4) is 0 Å². The maximum absolute atomic E-state index is 11.7. The quantitative estimate of drug-likeness (QED) is 0.739. The van der Waals surface area contributed by atoms with Crippen LogP contribution in [0.2, 0.25) is 0 Å². The van der Waals surface area contributed by atoms with Gasteiger partial charge >= 0.3 is 0 Å². The highest BCUT2D eigenvalue weighted by molar-refractivity contribution is 5.98. The van der Waals surface area contributed by atoms with Gasteiger partial charge in [-0.1, -0.05) is 12.8 Å². The molecule has 0 bridgehead atoms. The van der Waals surface area contributed by atoms with Crippen LogP contribution >= 0.6 is 0 Å². The van der Waals surface area contributed by atoms with Gasteiger partial charge in [0.15, 0.2) is 0 Å². The van der Waals surface area contributed by atoms with Crippen LogP contribution in [0.15, 0.2) is 18.5 Å². The van der Waals surface area contributed by atoms with Crippen molar-refractivity contribution in [2.75, 3.05) is 12.3 Å². The van der Waals surface area contributed by atoms with Crippen LogP contribution in [0, 0.1) is 5.92 Å². The van der Waals surface area contributed by atoms with Gasteiger partial charge in [0, 0.05) is 12.7 Å². The van der Waals surface area contributed by atoms with Gasteiger partial charge in [-0.2, -0.15) is 0 Å². The number of aromatic nitrogens is 1. The standard InChI is InChI=1S/C12H17N3O/c13-11-8-14-7-5-10(11)12(16)15-6-1-2-9-3-4-9/h5,7-9H,1-4,6,13H2,(H,15,16). The lowest BCUT2D eigenvalue weighted by Crippen LogP contribution is -2.25. The number of amides is 1. The molecule has 2 rings (SSSR count). The molecule has 1 fully saturated rings. The first-order chi connectivity index (χ1) is 7.77. The number of anilines is 1. The molecule has 86 valence electrons. The molecule has 1 amide bonds. The molecule has 1 aliphatic carbocycles. The number of pyridine rings is 1. The monoisotopic (exact) mass is 219 g/mol. The van der Waals surface area contributed by atoms with Gasteiger partial charge < -0.3 is 11.1 Å². The Labute approximate surface area is 95.3 Å². The summed E-state index contributed by atoms with van der Waals surface area (Å²) in [6.07, 6.45) is 8.10. The maximum Gasteiger partial charge on any atom is 0.253 e. The van der Waals surface area contributed by atoms with E-state index < -0.39 is 0 Å². The number of nitrogens with zero attached hydrogens (tertiary/aromatic N) is 1. The second-order valence-corrected chi connectivity index (χ2v) is 4.30. The predicted molar refractivity (Wildman–Crippen MR) is 62.9 cm³/mol. The topological polar surface area (TPSA) is 68.0 Å². The van der Waals surface area contributed by atoms with Crippen molar-refractivity contribution < 1.29 is 4.79 Å². The van der Waals surface area contributed by atoms with Crippen molar-refractivity contribution in [2.45, 2.75) is 25.7 Å². The molecule has 0 aromatic carbocycles. The minimum Gasteiger partial charge on any atom is -0.397 e. The number of nitrogens with two attached hydrogens (primary N) is 1. The summed E-state index contributed by atoms with van der Waals surface area (Å²) in [7, 11) is 0. The Hall–Kier alpha value is -1.58. The molecule has 0 atom stereocenters. The van der Waals surface area contributed by atoms with E-state index in [-0.39, 0.29) is 5.91 Å². The molecule has 16 heavy (non-hydrogen) atoms. The van der Waals surface area contributed by atoms with Crippen molar-refractivity contribution in [1.82, 2.24) is 10.3 Å². The summed E-state index contributed by atoms with van der Waals surface area (Å²) in [5.74, 6) is 0.818. The Morgan fingerprint density at radius 2 is 2.38 bits per heavy atom. The molecular formula is C12H17N3O. The van der Waals surface area contributed by atoms with Gasteiger partial charge in [-0.05, 0) is 24.8 Å². The lowest BCUT2D eigenvalue weighted by atomic mass is 10.2. The molecule has 4 nitrogen and oxygen atoms in total. The third kappa shape index (κ3) is 2.95. The smallest absolute Gasteiger partial charge is 0.253 e. The summed E-state index contributed by atoms with van der Waals surface area (Å²) < 4.78 is 0. The van der Waals surface area contributed by atoms with Crippen LogP contribution in [0.5, 0.6) is 0 Å². The predicted octanol–water partition coefficient (Wildman–Crippen LogP) is 1.58. The molecule has 0 saturated heterocycles. The molecule has 1 saturated carbocycles. The van der Waals surface area contributed by atoms with E-state index >= 15 is 0 Å². The fraction of sp³-hybridized carbons (Fsp3) is 0.500. The molecular weight excluding hydrogens is 202 g/mol. The summed E-state index contributed by atoms with van der Waals surface area (Å²) in [6.45, 7) is 0.733. The Morgan fingerprint density at radius 3 is 3.06 bits per heavy atom. The van der Waals surface area contributed by atoms with Crippen molar-refractivity contribution in [1.29, 1.82) is 0 Å². The molecule has 0 unspecified atom stereocenters. The molecule has 1 heterocycles. The summed E-state index contributed by atoms with van der Waals surface area (Å²) in [5.41, 5.74) is 6.61. The van der Waals surface area contributed by atoms with E-state index in [1.54, 1.807) is 12.3 Å². The van der Waals surface area contributed by atoms with Crippen LogP contribution in [0.1, 0.15) is 36.0 Å². The minimum absolute atomic E-state index is 0.101. The molecule has 1 aromatic heterocycles. The second kappa shape index (κ2) is 4.96. The zero-order valence-corrected chi connectivity index (χ0v) is 9.28. The van der Waals surface area contributed by atoms with Crippen molar-refractivity contribution in [3.63, 3.8) is 0 Å². The Kier molecular flexibility index (Phi) is 3.39. The molecule has 4 heteroatoms. The first-order valence-corrected chi connectivity index (χ1v) is 5.75. The van der Waals surface area contributed by atoms with Gasteiger partial charge in [-0.15, -0.1) is 0 Å². The van der Waals surface area contributed by atoms with E-state index in [1.165, 1.54) is 25.5 Å². The first-order valence-electron chi connectivity index (χ1n) is 5.75. The first kappa shape index (κ1) is 10.9. The highest BCUT2D eigenvalue weighted by Gasteiger charge is 2.20. The summed E-state index contributed by atoms with van der Waals surface area (Å²) in [4.78, 5) is 15.6. The molecule has 1 aliphatic rings. The minimum atomic E-state index is -0.101. The van der Waals surface area contributed by atoms with E-state index in [9.17, 15) is 4.79 Å². The number of hydrogen-bond acceptors (Lipinski definition) is 3. The van der Waals surface area contributed by atoms with Gasteiger partial charge in [-0.25, -0.2) is 0 Å². The molecule has 0 spiro atoms. The van der Waals surface area contributed by atoms with Gasteiger partial charge in [-0.3, -0.25) is 9.78 Å². The van der Waals surface area contributed by atoms with Gasteiger partial charge in [0.25, 0.3) is 5.91 Å². The number of nitrogens with one attached hydrogen (secondary N) is 1. The van der Waals surface area contributed by atoms with Crippen LogP contribution in [-0.4, -0.2) is 17.4 Å². The number of carbonyl (C=O) groups excluding carboxylic acids is 1. The van der Waals surface area contributed by atoms with Crippen molar-refractivity contribution >= 4 is 11.6 Å². The number of hydrogen-bond donors (Lipinski definition) is 2. The Balaban J connectivity index is 1.76. The molecule has 0 radical (unpaired) electrons. The fourth-order valence-corrected chi connectivity index (χ4v) is 1.71. The largest absolute Gasteiger partial charge is 0.397 e. The lowest BCUT2D eigenvalue weighted by Gasteiger charge is -2.06. The summed E-state index contributed by atoms with van der Waals surface area (Å²) in [6, 6.07) is 1.64. The third-order valence-electron chi connectivity index (χ3n) is 2.87. The Morgan fingerprint density at radius 1 is 1.56 bits per heavy atom. The van der Waals surface area contributed by atoms with E-state index in [0.717, 1.165) is 18.9 Å². The summed E-state index contributed by atoms with van der Waals surface area (Å²) in [5, 5.41) is 2.88. The molecule has 3 N–H and O–H groups in total. The van der Waals surface area contributed by atoms with Gasteiger partial charge in [0.05, 0.1) is 17.4 Å². The van der Waals surface area contributed by atoms with Crippen LogP contribution in [0.25, 0.3) is 0 Å². The maximum atomic E-state index is 11.7. The normalized spacial score (nSPS) is 14.8. The Bertz CT molecular complexity index is 374. The zero-order valence-electron chi connectivity index (χ0n) is 9.28. The fourth-order valence-electron chi connectivity index (χ4n) is 1.71. The highest BCUT2D eigenvalue weighted by Crippen LogP contribution is 2.33. The average Bonchev–Trinajstić information content (AvgIpc) is 3.08. The van der Waals surface area contributed by atoms with E-state index in [1.807, 2.05) is 0 Å². The lowest BCUT2D eigenvalue weighted by molar-refractivity contribution is 0.0953. The van der Waals surface area contributed by atoms with E-state index in [2.05, 4.69) is 10.3 Å². The van der Waals surface area contributed by atoms with Crippen LogP contribution in [0.3, 0.4) is 0 Å². The van der Waals surface area contributed by atoms with Crippen LogP contribution in [-0.2, 0) is 0 Å². The average molecular weight is 219 g/mol. The van der Waals surface area contributed by atoms with Crippen molar-refractivity contribution in [3.05, 3.63) is 24.0 Å². The number of nitrogen functional groups attached to an aromatic ring is 1. The molecule has 0 aliphatic heterocycles. The SMILES string of the molecule is Nc1cnccc1C(=O)NCCCC1CC1. The van der Waals surface area contributed by atoms with E-state index in [4.69, 9.17) is 5.73 Å². The van der Waals surface area contributed by atoms with Gasteiger partial charge in [0.2, 0.25) is 0 Å². The molecule has 1 aromatic rings. The van der Waals surface area contributed by atoms with Crippen LogP contribution in [0.4, 0.5) is 5.69 Å². The summed E-state index contributed by atoms with van der Waals surface area (Å²) >= 11 is 0. The van der Waals surface area contributed by atoms with E-state index in [0.29, 0.717) is 11.3 Å². The zero-order chi connectivity index (χ0) is 11.4. The van der Waals surface area contributed by atoms with Gasteiger partial charge in [0.1, 0.15) is 0 Å². The second-order valence-electron chi connectivity index (χ2n) is 4.30. The number of rotatable bonds is 5. The van der Waals surface area contributed by atoms with Crippen LogP contribution < -0.4 is 11.1 Å². The third-order valence-corrected chi connectivity index (χ3v) is 2.87. The number of carbonyl (C=O) groups is 1.